The smallest absolute Gasteiger partial charge is 0.132 e. The van der Waals surface area contributed by atoms with Gasteiger partial charge in [0.25, 0.3) is 0 Å². The van der Waals surface area contributed by atoms with Gasteiger partial charge in [-0.15, -0.1) is 0 Å². The highest BCUT2D eigenvalue weighted by Gasteiger charge is 2.27. The highest BCUT2D eigenvalue weighted by atomic mass is 16.1. The predicted molar refractivity (Wildman–Crippen MR) is 71.8 cm³/mol. The molecule has 0 saturated carbocycles. The summed E-state index contributed by atoms with van der Waals surface area (Å²) in [6.07, 6.45) is 2.48. The van der Waals surface area contributed by atoms with E-state index < -0.39 is 0 Å². The van der Waals surface area contributed by atoms with Crippen molar-refractivity contribution in [3.8, 4) is 0 Å². The van der Waals surface area contributed by atoms with Crippen LogP contribution in [0.1, 0.15) is 39.2 Å². The van der Waals surface area contributed by atoms with Gasteiger partial charge in [-0.05, 0) is 31.7 Å². The molecule has 0 amide bonds. The Balaban J connectivity index is 2.72. The molecule has 0 bridgehead atoms. The van der Waals surface area contributed by atoms with E-state index in [1.54, 1.807) is 6.92 Å². The SMILES string of the molecule is CCC(N)(Cc1ccccc1)CC(C)C(C)=O. The molecular weight excluding hydrogens is 210 g/mol. The van der Waals surface area contributed by atoms with E-state index in [0.717, 1.165) is 19.3 Å². The summed E-state index contributed by atoms with van der Waals surface area (Å²) in [5.41, 5.74) is 7.39. The molecule has 2 nitrogen and oxygen atoms in total. The molecule has 2 atom stereocenters. The number of nitrogens with two attached hydrogens (primary N) is 1. The Morgan fingerprint density at radius 2 is 1.94 bits per heavy atom. The van der Waals surface area contributed by atoms with Crippen LogP contribution in [0.3, 0.4) is 0 Å². The minimum absolute atomic E-state index is 0.0451. The number of hydrogen-bond acceptors (Lipinski definition) is 2. The van der Waals surface area contributed by atoms with Crippen molar-refractivity contribution in [3.63, 3.8) is 0 Å². The van der Waals surface area contributed by atoms with Crippen molar-refractivity contribution in [1.29, 1.82) is 0 Å². The summed E-state index contributed by atoms with van der Waals surface area (Å²) >= 11 is 0. The maximum absolute atomic E-state index is 11.3. The Labute approximate surface area is 104 Å². The summed E-state index contributed by atoms with van der Waals surface area (Å²) < 4.78 is 0. The number of rotatable bonds is 6. The standard InChI is InChI=1S/C15H23NO/c1-4-15(16,10-12(2)13(3)17)11-14-8-6-5-7-9-14/h5-9,12H,4,10-11,16H2,1-3H3. The van der Waals surface area contributed by atoms with Gasteiger partial charge in [-0.3, -0.25) is 4.79 Å². The summed E-state index contributed by atoms with van der Waals surface area (Å²) in [5.74, 6) is 0.269. The summed E-state index contributed by atoms with van der Waals surface area (Å²) in [5, 5.41) is 0. The largest absolute Gasteiger partial charge is 0.325 e. The molecule has 0 aliphatic heterocycles. The van der Waals surface area contributed by atoms with Crippen LogP contribution < -0.4 is 5.73 Å². The molecule has 1 aromatic rings. The predicted octanol–water partition coefficient (Wildman–Crippen LogP) is 2.95. The first kappa shape index (κ1) is 13.9. The lowest BCUT2D eigenvalue weighted by molar-refractivity contribution is -0.120. The minimum Gasteiger partial charge on any atom is -0.325 e. The minimum atomic E-state index is -0.271. The molecule has 0 aliphatic rings. The molecule has 2 heteroatoms. The fraction of sp³-hybridized carbons (Fsp3) is 0.533. The molecule has 0 radical (unpaired) electrons. The Bertz CT molecular complexity index is 360. The van der Waals surface area contributed by atoms with Crippen molar-refractivity contribution in [3.05, 3.63) is 35.9 Å². The fourth-order valence-electron chi connectivity index (χ4n) is 2.10. The molecule has 1 aromatic carbocycles. The molecule has 2 unspecified atom stereocenters. The number of carbonyl (C=O) groups excluding carboxylic acids is 1. The van der Waals surface area contributed by atoms with Gasteiger partial charge in [0.15, 0.2) is 0 Å². The van der Waals surface area contributed by atoms with Crippen LogP contribution in [0.2, 0.25) is 0 Å². The van der Waals surface area contributed by atoms with Crippen LogP contribution in [0.4, 0.5) is 0 Å². The second-order valence-corrected chi connectivity index (χ2v) is 5.09. The quantitative estimate of drug-likeness (QED) is 0.821. The first-order chi connectivity index (χ1) is 7.97. The number of carbonyl (C=O) groups is 1. The maximum Gasteiger partial charge on any atom is 0.132 e. The molecule has 1 rings (SSSR count). The van der Waals surface area contributed by atoms with Crippen LogP contribution in [-0.4, -0.2) is 11.3 Å². The highest BCUT2D eigenvalue weighted by Crippen LogP contribution is 2.23. The van der Waals surface area contributed by atoms with E-state index in [4.69, 9.17) is 5.73 Å². The lowest BCUT2D eigenvalue weighted by atomic mass is 9.80. The number of benzene rings is 1. The third kappa shape index (κ3) is 4.31. The van der Waals surface area contributed by atoms with Gasteiger partial charge in [-0.25, -0.2) is 0 Å². The average Bonchev–Trinajstić information content (AvgIpc) is 2.30. The zero-order chi connectivity index (χ0) is 12.9. The van der Waals surface area contributed by atoms with Crippen molar-refractivity contribution < 1.29 is 4.79 Å². The van der Waals surface area contributed by atoms with Gasteiger partial charge in [0.2, 0.25) is 0 Å². The van der Waals surface area contributed by atoms with Gasteiger partial charge in [0.05, 0.1) is 0 Å². The van der Waals surface area contributed by atoms with Crippen molar-refractivity contribution in [2.75, 3.05) is 0 Å². The zero-order valence-electron chi connectivity index (χ0n) is 11.1. The Hall–Kier alpha value is -1.15. The second-order valence-electron chi connectivity index (χ2n) is 5.09. The Kier molecular flexibility index (Phi) is 4.88. The number of ketones is 1. The molecule has 0 heterocycles. The Morgan fingerprint density at radius 1 is 1.35 bits per heavy atom. The fourth-order valence-corrected chi connectivity index (χ4v) is 2.10. The van der Waals surface area contributed by atoms with Crippen LogP contribution in [0.25, 0.3) is 0 Å². The van der Waals surface area contributed by atoms with Crippen LogP contribution in [-0.2, 0) is 11.2 Å². The molecule has 2 N–H and O–H groups in total. The topological polar surface area (TPSA) is 43.1 Å². The van der Waals surface area contributed by atoms with Crippen molar-refractivity contribution in [1.82, 2.24) is 0 Å². The summed E-state index contributed by atoms with van der Waals surface area (Å²) in [6, 6.07) is 10.2. The molecule has 0 saturated heterocycles. The molecule has 94 valence electrons. The highest BCUT2D eigenvalue weighted by molar-refractivity contribution is 5.77. The molecule has 0 aliphatic carbocycles. The Morgan fingerprint density at radius 3 is 2.41 bits per heavy atom. The first-order valence-corrected chi connectivity index (χ1v) is 6.30. The van der Waals surface area contributed by atoms with E-state index in [1.165, 1.54) is 5.56 Å². The maximum atomic E-state index is 11.3. The van der Waals surface area contributed by atoms with Crippen LogP contribution in [0.15, 0.2) is 30.3 Å². The molecule has 0 aromatic heterocycles. The van der Waals surface area contributed by atoms with E-state index >= 15 is 0 Å². The zero-order valence-corrected chi connectivity index (χ0v) is 11.1. The van der Waals surface area contributed by atoms with Gasteiger partial charge in [0, 0.05) is 11.5 Å². The van der Waals surface area contributed by atoms with Gasteiger partial charge < -0.3 is 5.73 Å². The summed E-state index contributed by atoms with van der Waals surface area (Å²) in [6.45, 7) is 5.70. The van der Waals surface area contributed by atoms with Crippen molar-refractivity contribution in [2.24, 2.45) is 11.7 Å². The molecular formula is C15H23NO. The monoisotopic (exact) mass is 233 g/mol. The van der Waals surface area contributed by atoms with Crippen LogP contribution in [0, 0.1) is 5.92 Å². The second kappa shape index (κ2) is 5.97. The lowest BCUT2D eigenvalue weighted by Crippen LogP contribution is -2.43. The summed E-state index contributed by atoms with van der Waals surface area (Å²) in [4.78, 5) is 11.3. The van der Waals surface area contributed by atoms with Crippen LogP contribution >= 0.6 is 0 Å². The summed E-state index contributed by atoms with van der Waals surface area (Å²) in [7, 11) is 0. The van der Waals surface area contributed by atoms with E-state index in [9.17, 15) is 4.79 Å². The number of hydrogen-bond donors (Lipinski definition) is 1. The third-order valence-electron chi connectivity index (χ3n) is 3.51. The normalized spacial score (nSPS) is 16.2. The van der Waals surface area contributed by atoms with E-state index in [0.29, 0.717) is 0 Å². The lowest BCUT2D eigenvalue weighted by Gasteiger charge is -2.30. The molecule has 17 heavy (non-hydrogen) atoms. The van der Waals surface area contributed by atoms with Gasteiger partial charge in [-0.1, -0.05) is 44.2 Å². The van der Waals surface area contributed by atoms with E-state index in [-0.39, 0.29) is 17.2 Å². The molecule has 0 spiro atoms. The van der Waals surface area contributed by atoms with Crippen molar-refractivity contribution >= 4 is 5.78 Å². The number of Topliss-reactive ketones (excluding diaryl/α,β-unsaturated/α-hetero) is 1. The average molecular weight is 233 g/mol. The van der Waals surface area contributed by atoms with Crippen molar-refractivity contribution in [2.45, 2.75) is 45.6 Å². The van der Waals surface area contributed by atoms with Crippen LogP contribution in [0.5, 0.6) is 0 Å². The van der Waals surface area contributed by atoms with Gasteiger partial charge >= 0.3 is 0 Å². The third-order valence-corrected chi connectivity index (χ3v) is 3.51. The van der Waals surface area contributed by atoms with E-state index in [2.05, 4.69) is 19.1 Å². The molecule has 0 fully saturated rings. The van der Waals surface area contributed by atoms with Gasteiger partial charge in [-0.2, -0.15) is 0 Å². The van der Waals surface area contributed by atoms with E-state index in [1.807, 2.05) is 25.1 Å². The first-order valence-electron chi connectivity index (χ1n) is 6.30. The van der Waals surface area contributed by atoms with Gasteiger partial charge in [0.1, 0.15) is 5.78 Å².